The molecule has 0 bridgehead atoms. The number of nitrogens with zero attached hydrogens (tertiary/aromatic N) is 1. The van der Waals surface area contributed by atoms with Crippen molar-refractivity contribution in [2.24, 2.45) is 5.41 Å². The second-order valence-corrected chi connectivity index (χ2v) is 4.82. The molecule has 1 saturated heterocycles. The lowest BCUT2D eigenvalue weighted by Crippen LogP contribution is -2.37. The molecule has 0 spiro atoms. The minimum atomic E-state index is -0.459. The molecule has 0 aromatic rings. The van der Waals surface area contributed by atoms with Gasteiger partial charge in [-0.2, -0.15) is 0 Å². The molecule has 1 aliphatic heterocycles. The lowest BCUT2D eigenvalue weighted by atomic mass is 9.98. The number of carbonyl (C=O) groups is 1. The van der Waals surface area contributed by atoms with E-state index < -0.39 is 5.41 Å². The van der Waals surface area contributed by atoms with Crippen LogP contribution in [0.25, 0.3) is 0 Å². The van der Waals surface area contributed by atoms with Gasteiger partial charge in [0.2, 0.25) is 0 Å². The molecule has 88 valence electrons. The minimum absolute atomic E-state index is 0.0544. The molecule has 4 nitrogen and oxygen atoms in total. The van der Waals surface area contributed by atoms with E-state index >= 15 is 0 Å². The number of hydrogen-bond acceptors (Lipinski definition) is 4. The Morgan fingerprint density at radius 2 is 2.13 bits per heavy atom. The number of hydrogen-bond donors (Lipinski definition) is 0. The van der Waals surface area contributed by atoms with Gasteiger partial charge in [-0.1, -0.05) is 0 Å². The zero-order valence-electron chi connectivity index (χ0n) is 10.1. The summed E-state index contributed by atoms with van der Waals surface area (Å²) in [5, 5.41) is 1.66. The van der Waals surface area contributed by atoms with Crippen molar-refractivity contribution in [2.75, 3.05) is 13.2 Å². The fraction of sp³-hybridized carbons (Fsp3) is 0.909. The SMILES string of the molecule is CCO[C@@H]1CCCN1OC(=O)C(C)(C)C. The Kier molecular flexibility index (Phi) is 4.11. The molecule has 1 heterocycles. The van der Waals surface area contributed by atoms with Gasteiger partial charge in [0.1, 0.15) is 6.23 Å². The van der Waals surface area contributed by atoms with Crippen molar-refractivity contribution in [3.63, 3.8) is 0 Å². The van der Waals surface area contributed by atoms with Crippen LogP contribution in [0.15, 0.2) is 0 Å². The van der Waals surface area contributed by atoms with Gasteiger partial charge < -0.3 is 9.57 Å². The zero-order valence-corrected chi connectivity index (χ0v) is 10.1. The molecule has 0 unspecified atom stereocenters. The van der Waals surface area contributed by atoms with Crippen LogP contribution in [0, 0.1) is 5.41 Å². The summed E-state index contributed by atoms with van der Waals surface area (Å²) in [5.74, 6) is -0.200. The molecule has 0 saturated carbocycles. The van der Waals surface area contributed by atoms with E-state index in [1.165, 1.54) is 0 Å². The summed E-state index contributed by atoms with van der Waals surface area (Å²) < 4.78 is 5.48. The van der Waals surface area contributed by atoms with Gasteiger partial charge in [0.15, 0.2) is 0 Å². The van der Waals surface area contributed by atoms with Gasteiger partial charge in [-0.15, -0.1) is 5.06 Å². The highest BCUT2D eigenvalue weighted by Crippen LogP contribution is 2.22. The van der Waals surface area contributed by atoms with Crippen LogP contribution in [0.5, 0.6) is 0 Å². The van der Waals surface area contributed by atoms with Gasteiger partial charge >= 0.3 is 5.97 Å². The average molecular weight is 215 g/mol. The van der Waals surface area contributed by atoms with Gasteiger partial charge in [-0.25, -0.2) is 4.79 Å². The molecule has 0 amide bonds. The molecule has 1 fully saturated rings. The summed E-state index contributed by atoms with van der Waals surface area (Å²) in [6.45, 7) is 8.91. The summed E-state index contributed by atoms with van der Waals surface area (Å²) in [6, 6.07) is 0. The van der Waals surface area contributed by atoms with Crippen LogP contribution >= 0.6 is 0 Å². The van der Waals surface area contributed by atoms with Gasteiger partial charge in [0, 0.05) is 13.2 Å². The van der Waals surface area contributed by atoms with E-state index in [-0.39, 0.29) is 12.2 Å². The highest BCUT2D eigenvalue weighted by molar-refractivity contribution is 5.75. The Morgan fingerprint density at radius 1 is 1.47 bits per heavy atom. The molecule has 1 aliphatic rings. The second kappa shape index (κ2) is 4.94. The van der Waals surface area contributed by atoms with E-state index in [1.807, 2.05) is 27.7 Å². The van der Waals surface area contributed by atoms with Crippen LogP contribution < -0.4 is 0 Å². The number of carbonyl (C=O) groups excluding carboxylic acids is 1. The van der Waals surface area contributed by atoms with Crippen LogP contribution in [0.1, 0.15) is 40.5 Å². The first-order valence-electron chi connectivity index (χ1n) is 5.55. The molecule has 0 aromatic carbocycles. The van der Waals surface area contributed by atoms with Gasteiger partial charge in [0.05, 0.1) is 5.41 Å². The maximum Gasteiger partial charge on any atom is 0.330 e. The predicted octanol–water partition coefficient (Wildman–Crippen LogP) is 1.95. The average Bonchev–Trinajstić information content (AvgIpc) is 2.52. The Balaban J connectivity index is 2.47. The summed E-state index contributed by atoms with van der Waals surface area (Å²) in [5.41, 5.74) is -0.459. The minimum Gasteiger partial charge on any atom is -0.365 e. The van der Waals surface area contributed by atoms with Crippen LogP contribution in [0.4, 0.5) is 0 Å². The van der Waals surface area contributed by atoms with E-state index in [4.69, 9.17) is 9.57 Å². The molecule has 0 radical (unpaired) electrons. The van der Waals surface area contributed by atoms with Crippen LogP contribution in [-0.4, -0.2) is 30.4 Å². The number of ether oxygens (including phenoxy) is 1. The molecule has 15 heavy (non-hydrogen) atoms. The zero-order chi connectivity index (χ0) is 11.5. The lowest BCUT2D eigenvalue weighted by Gasteiger charge is -2.26. The Hall–Kier alpha value is -0.610. The van der Waals surface area contributed by atoms with Crippen LogP contribution in [0.2, 0.25) is 0 Å². The molecular formula is C11H21NO3. The standard InChI is InChI=1S/C11H21NO3/c1-5-14-9-7-6-8-12(9)15-10(13)11(2,3)4/h9H,5-8H2,1-4H3/t9-/m1/s1. The fourth-order valence-corrected chi connectivity index (χ4v) is 1.42. The van der Waals surface area contributed by atoms with Crippen molar-refractivity contribution in [1.29, 1.82) is 0 Å². The molecule has 0 N–H and O–H groups in total. The quantitative estimate of drug-likeness (QED) is 0.721. The number of hydroxylamine groups is 2. The normalized spacial score (nSPS) is 23.1. The van der Waals surface area contributed by atoms with Crippen molar-refractivity contribution in [3.05, 3.63) is 0 Å². The van der Waals surface area contributed by atoms with Crippen molar-refractivity contribution in [3.8, 4) is 0 Å². The van der Waals surface area contributed by atoms with Gasteiger partial charge in [-0.05, 0) is 40.5 Å². The molecule has 0 aromatic heterocycles. The van der Waals surface area contributed by atoms with E-state index in [0.717, 1.165) is 19.4 Å². The van der Waals surface area contributed by atoms with E-state index in [2.05, 4.69) is 0 Å². The second-order valence-electron chi connectivity index (χ2n) is 4.82. The van der Waals surface area contributed by atoms with Crippen LogP contribution in [0.3, 0.4) is 0 Å². The molecular weight excluding hydrogens is 194 g/mol. The maximum atomic E-state index is 11.7. The summed E-state index contributed by atoms with van der Waals surface area (Å²) in [7, 11) is 0. The van der Waals surface area contributed by atoms with Crippen molar-refractivity contribution >= 4 is 5.97 Å². The Labute approximate surface area is 91.5 Å². The van der Waals surface area contributed by atoms with Gasteiger partial charge in [-0.3, -0.25) is 0 Å². The van der Waals surface area contributed by atoms with Crippen molar-refractivity contribution < 1.29 is 14.4 Å². The fourth-order valence-electron chi connectivity index (χ4n) is 1.42. The predicted molar refractivity (Wildman–Crippen MR) is 56.9 cm³/mol. The molecule has 0 aliphatic carbocycles. The van der Waals surface area contributed by atoms with E-state index in [0.29, 0.717) is 6.61 Å². The first-order valence-corrected chi connectivity index (χ1v) is 5.55. The van der Waals surface area contributed by atoms with E-state index in [9.17, 15) is 4.79 Å². The summed E-state index contributed by atoms with van der Waals surface area (Å²) in [4.78, 5) is 17.0. The molecule has 1 rings (SSSR count). The molecule has 4 heteroatoms. The summed E-state index contributed by atoms with van der Waals surface area (Å²) in [6.07, 6.45) is 1.90. The smallest absolute Gasteiger partial charge is 0.330 e. The van der Waals surface area contributed by atoms with E-state index in [1.54, 1.807) is 5.06 Å². The third-order valence-electron chi connectivity index (χ3n) is 2.32. The Bertz CT molecular complexity index is 222. The monoisotopic (exact) mass is 215 g/mol. The highest BCUT2D eigenvalue weighted by Gasteiger charge is 2.32. The highest BCUT2D eigenvalue weighted by atomic mass is 16.7. The first kappa shape index (κ1) is 12.5. The number of rotatable bonds is 3. The van der Waals surface area contributed by atoms with Crippen molar-refractivity contribution in [2.45, 2.75) is 46.8 Å². The third kappa shape index (κ3) is 3.47. The molecule has 1 atom stereocenters. The first-order chi connectivity index (χ1) is 6.95. The van der Waals surface area contributed by atoms with Crippen LogP contribution in [-0.2, 0) is 14.4 Å². The Morgan fingerprint density at radius 3 is 2.67 bits per heavy atom. The third-order valence-corrected chi connectivity index (χ3v) is 2.32. The van der Waals surface area contributed by atoms with Gasteiger partial charge in [0.25, 0.3) is 0 Å². The topological polar surface area (TPSA) is 38.8 Å². The summed E-state index contributed by atoms with van der Waals surface area (Å²) >= 11 is 0. The van der Waals surface area contributed by atoms with Crippen molar-refractivity contribution in [1.82, 2.24) is 5.06 Å². The lowest BCUT2D eigenvalue weighted by molar-refractivity contribution is -0.236. The largest absolute Gasteiger partial charge is 0.365 e. The maximum absolute atomic E-state index is 11.7.